The summed E-state index contributed by atoms with van der Waals surface area (Å²) in [4.78, 5) is 12.7. The molecule has 0 radical (unpaired) electrons. The van der Waals surface area contributed by atoms with Crippen LogP contribution in [0.1, 0.15) is 50.6 Å². The topological polar surface area (TPSA) is 64.3 Å². The summed E-state index contributed by atoms with van der Waals surface area (Å²) < 4.78 is 5.26. The second kappa shape index (κ2) is 6.91. The molecule has 3 unspecified atom stereocenters. The summed E-state index contributed by atoms with van der Waals surface area (Å²) in [5.41, 5.74) is 7.40. The fraction of sp³-hybridized carbons (Fsp3) is 0.632. The van der Waals surface area contributed by atoms with E-state index >= 15 is 0 Å². The van der Waals surface area contributed by atoms with Crippen LogP contribution < -0.4 is 15.8 Å². The van der Waals surface area contributed by atoms with Gasteiger partial charge >= 0.3 is 0 Å². The first kappa shape index (κ1) is 16.3. The van der Waals surface area contributed by atoms with Gasteiger partial charge in [-0.15, -0.1) is 0 Å². The van der Waals surface area contributed by atoms with Crippen LogP contribution in [0.4, 0.5) is 0 Å². The molecule has 3 atom stereocenters. The number of hydrogen-bond donors (Lipinski definition) is 2. The van der Waals surface area contributed by atoms with Crippen molar-refractivity contribution in [3.8, 4) is 5.75 Å². The molecule has 4 nitrogen and oxygen atoms in total. The van der Waals surface area contributed by atoms with E-state index in [4.69, 9.17) is 10.5 Å². The third kappa shape index (κ3) is 3.52. The zero-order valence-electron chi connectivity index (χ0n) is 14.1. The first-order valence-corrected chi connectivity index (χ1v) is 8.78. The predicted molar refractivity (Wildman–Crippen MR) is 91.1 cm³/mol. The molecular formula is C19H28N2O2. The number of rotatable bonds is 4. The number of carbonyl (C=O) groups excluding carboxylic acids is 1. The number of amides is 1. The van der Waals surface area contributed by atoms with Crippen LogP contribution in [0.15, 0.2) is 24.3 Å². The predicted octanol–water partition coefficient (Wildman–Crippen LogP) is 3.03. The van der Waals surface area contributed by atoms with E-state index in [1.807, 2.05) is 31.2 Å². The fourth-order valence-corrected chi connectivity index (χ4v) is 4.33. The highest BCUT2D eigenvalue weighted by atomic mass is 16.5. The van der Waals surface area contributed by atoms with Gasteiger partial charge in [0, 0.05) is 12.0 Å². The molecule has 0 aliphatic heterocycles. The van der Waals surface area contributed by atoms with Gasteiger partial charge in [0.25, 0.3) is 0 Å². The molecule has 3 rings (SSSR count). The van der Waals surface area contributed by atoms with E-state index in [-0.39, 0.29) is 17.9 Å². The van der Waals surface area contributed by atoms with E-state index in [0.29, 0.717) is 17.9 Å². The lowest BCUT2D eigenvalue weighted by Gasteiger charge is -2.43. The third-order valence-corrected chi connectivity index (χ3v) is 5.74. The van der Waals surface area contributed by atoms with Crippen LogP contribution in [-0.2, 0) is 4.79 Å². The van der Waals surface area contributed by atoms with Crippen LogP contribution in [-0.4, -0.2) is 19.1 Å². The largest absolute Gasteiger partial charge is 0.497 e. The van der Waals surface area contributed by atoms with Gasteiger partial charge in [0.1, 0.15) is 5.75 Å². The van der Waals surface area contributed by atoms with Gasteiger partial charge in [0.15, 0.2) is 0 Å². The van der Waals surface area contributed by atoms with Crippen LogP contribution in [0.2, 0.25) is 0 Å². The molecule has 23 heavy (non-hydrogen) atoms. The number of hydrogen-bond acceptors (Lipinski definition) is 3. The second-order valence-corrected chi connectivity index (χ2v) is 7.20. The quantitative estimate of drug-likeness (QED) is 0.897. The van der Waals surface area contributed by atoms with Gasteiger partial charge in [-0.1, -0.05) is 18.6 Å². The molecule has 0 aromatic heterocycles. The van der Waals surface area contributed by atoms with Crippen LogP contribution >= 0.6 is 0 Å². The van der Waals surface area contributed by atoms with Crippen molar-refractivity contribution in [2.75, 3.05) is 7.11 Å². The zero-order valence-corrected chi connectivity index (χ0v) is 14.1. The molecular weight excluding hydrogens is 288 g/mol. The maximum absolute atomic E-state index is 12.7. The van der Waals surface area contributed by atoms with E-state index in [2.05, 4.69) is 5.32 Å². The number of benzene rings is 1. The van der Waals surface area contributed by atoms with Crippen LogP contribution in [0, 0.1) is 17.8 Å². The Kier molecular flexibility index (Phi) is 4.90. The Bertz CT molecular complexity index is 546. The smallest absolute Gasteiger partial charge is 0.223 e. The molecule has 2 saturated carbocycles. The minimum Gasteiger partial charge on any atom is -0.497 e. The summed E-state index contributed by atoms with van der Waals surface area (Å²) in [5.74, 6) is 2.19. The molecule has 4 heteroatoms. The highest BCUT2D eigenvalue weighted by Crippen LogP contribution is 2.42. The van der Waals surface area contributed by atoms with Crippen molar-refractivity contribution in [1.82, 2.24) is 5.32 Å². The van der Waals surface area contributed by atoms with Gasteiger partial charge in [-0.2, -0.15) is 0 Å². The second-order valence-electron chi connectivity index (χ2n) is 7.20. The van der Waals surface area contributed by atoms with Gasteiger partial charge < -0.3 is 15.8 Å². The standard InChI is InChI=1S/C19H28N2O2/c1-12(13-5-4-8-17(11-13)23-2)21-19(22)16-9-14-6-3-7-15(10-16)18(14)20/h4-5,8,11-12,14-16,18H,3,6-7,9-10,20H2,1-2H3,(H,21,22). The molecule has 2 fully saturated rings. The minimum absolute atomic E-state index is 0.00644. The summed E-state index contributed by atoms with van der Waals surface area (Å²) >= 11 is 0. The summed E-state index contributed by atoms with van der Waals surface area (Å²) in [6, 6.07) is 8.19. The Balaban J connectivity index is 1.62. The van der Waals surface area contributed by atoms with Crippen molar-refractivity contribution in [3.63, 3.8) is 0 Å². The number of methoxy groups -OCH3 is 1. The number of fused-ring (bicyclic) bond motifs is 2. The average molecular weight is 316 g/mol. The van der Waals surface area contributed by atoms with Gasteiger partial charge in [-0.05, 0) is 62.1 Å². The van der Waals surface area contributed by atoms with E-state index < -0.39 is 0 Å². The maximum atomic E-state index is 12.7. The molecule has 2 bridgehead atoms. The number of carbonyl (C=O) groups is 1. The van der Waals surface area contributed by atoms with Crippen LogP contribution in [0.3, 0.4) is 0 Å². The van der Waals surface area contributed by atoms with E-state index in [0.717, 1.165) is 24.2 Å². The average Bonchev–Trinajstić information content (AvgIpc) is 2.54. The molecule has 1 aromatic rings. The summed E-state index contributed by atoms with van der Waals surface area (Å²) in [6.07, 6.45) is 5.56. The molecule has 126 valence electrons. The number of ether oxygens (including phenoxy) is 1. The van der Waals surface area contributed by atoms with Crippen molar-refractivity contribution in [2.45, 2.75) is 51.1 Å². The Morgan fingerprint density at radius 3 is 2.65 bits per heavy atom. The van der Waals surface area contributed by atoms with Gasteiger partial charge in [-0.3, -0.25) is 4.79 Å². The summed E-state index contributed by atoms with van der Waals surface area (Å²) in [6.45, 7) is 2.03. The van der Waals surface area contributed by atoms with Crippen molar-refractivity contribution in [1.29, 1.82) is 0 Å². The lowest BCUT2D eigenvalue weighted by atomic mass is 9.65. The number of nitrogens with two attached hydrogens (primary N) is 1. The third-order valence-electron chi connectivity index (χ3n) is 5.74. The Morgan fingerprint density at radius 1 is 1.30 bits per heavy atom. The van der Waals surface area contributed by atoms with Gasteiger partial charge in [-0.25, -0.2) is 0 Å². The molecule has 2 aliphatic rings. The molecule has 3 N–H and O–H groups in total. The lowest BCUT2D eigenvalue weighted by molar-refractivity contribution is -0.128. The van der Waals surface area contributed by atoms with Crippen molar-refractivity contribution < 1.29 is 9.53 Å². The molecule has 0 saturated heterocycles. The lowest BCUT2D eigenvalue weighted by Crippen LogP contribution is -2.49. The van der Waals surface area contributed by atoms with Gasteiger partial charge in [0.05, 0.1) is 13.2 Å². The molecule has 0 spiro atoms. The highest BCUT2D eigenvalue weighted by Gasteiger charge is 2.40. The van der Waals surface area contributed by atoms with Crippen molar-refractivity contribution >= 4 is 5.91 Å². The monoisotopic (exact) mass is 316 g/mol. The first-order valence-electron chi connectivity index (χ1n) is 8.78. The van der Waals surface area contributed by atoms with E-state index in [1.54, 1.807) is 7.11 Å². The van der Waals surface area contributed by atoms with Crippen molar-refractivity contribution in [3.05, 3.63) is 29.8 Å². The highest BCUT2D eigenvalue weighted by molar-refractivity contribution is 5.79. The molecule has 1 amide bonds. The Morgan fingerprint density at radius 2 is 2.00 bits per heavy atom. The summed E-state index contributed by atoms with van der Waals surface area (Å²) in [7, 11) is 1.66. The van der Waals surface area contributed by atoms with E-state index in [9.17, 15) is 4.79 Å². The Hall–Kier alpha value is -1.55. The summed E-state index contributed by atoms with van der Waals surface area (Å²) in [5, 5.41) is 3.19. The fourth-order valence-electron chi connectivity index (χ4n) is 4.33. The Labute approximate surface area is 138 Å². The SMILES string of the molecule is COc1cccc(C(C)NC(=O)C2CC3CCCC(C2)C3N)c1. The van der Waals surface area contributed by atoms with Gasteiger partial charge in [0.2, 0.25) is 5.91 Å². The molecule has 0 heterocycles. The van der Waals surface area contributed by atoms with Crippen LogP contribution in [0.25, 0.3) is 0 Å². The molecule has 2 aliphatic carbocycles. The van der Waals surface area contributed by atoms with Crippen LogP contribution in [0.5, 0.6) is 5.75 Å². The van der Waals surface area contributed by atoms with Crippen molar-refractivity contribution in [2.24, 2.45) is 23.5 Å². The minimum atomic E-state index is -0.00644. The maximum Gasteiger partial charge on any atom is 0.223 e. The van der Waals surface area contributed by atoms with E-state index in [1.165, 1.54) is 19.3 Å². The number of nitrogens with one attached hydrogen (secondary N) is 1. The normalized spacial score (nSPS) is 31.3. The zero-order chi connectivity index (χ0) is 16.4. The molecule has 1 aromatic carbocycles. The first-order chi connectivity index (χ1) is 11.1.